The lowest BCUT2D eigenvalue weighted by Crippen LogP contribution is -2.39. The molecule has 0 aromatic carbocycles. The average molecular weight is 213 g/mol. The Bertz CT molecular complexity index is 288. The molecule has 0 bridgehead atoms. The average Bonchev–Trinajstić information content (AvgIpc) is 2.62. The number of carbonyl (C=O) groups excluding carboxylic acids is 1. The van der Waals surface area contributed by atoms with Gasteiger partial charge in [0.2, 0.25) is 0 Å². The van der Waals surface area contributed by atoms with Gasteiger partial charge in [-0.2, -0.15) is 0 Å². The number of carboxylic acid groups (broad SMARTS) is 1. The topological polar surface area (TPSA) is 73.2 Å². The molecule has 0 aliphatic carbocycles. The lowest BCUT2D eigenvalue weighted by Gasteiger charge is -2.18. The summed E-state index contributed by atoms with van der Waals surface area (Å²) in [6.45, 7) is 0.420. The SMILES string of the molecule is CN(C)/C=N/C(=O)C1CCCN1C(=O)O. The molecule has 1 atom stereocenters. The minimum absolute atomic E-state index is 0.386. The van der Waals surface area contributed by atoms with Gasteiger partial charge in [0.25, 0.3) is 5.91 Å². The predicted octanol–water partition coefficient (Wildman–Crippen LogP) is 0.245. The highest BCUT2D eigenvalue weighted by Crippen LogP contribution is 2.18. The molecular formula is C9H15N3O3. The van der Waals surface area contributed by atoms with Gasteiger partial charge < -0.3 is 10.0 Å². The molecule has 1 rings (SSSR count). The molecule has 15 heavy (non-hydrogen) atoms. The summed E-state index contributed by atoms with van der Waals surface area (Å²) in [5, 5.41) is 8.82. The smallest absolute Gasteiger partial charge is 0.407 e. The second-order valence-electron chi connectivity index (χ2n) is 3.68. The summed E-state index contributed by atoms with van der Waals surface area (Å²) in [5.41, 5.74) is 0. The van der Waals surface area contributed by atoms with Crippen LogP contribution in [0.4, 0.5) is 4.79 Å². The zero-order valence-electron chi connectivity index (χ0n) is 8.88. The summed E-state index contributed by atoms with van der Waals surface area (Å²) < 4.78 is 0. The van der Waals surface area contributed by atoms with Crippen molar-refractivity contribution in [3.8, 4) is 0 Å². The minimum Gasteiger partial charge on any atom is -0.465 e. The Labute approximate surface area is 88.2 Å². The van der Waals surface area contributed by atoms with E-state index in [0.29, 0.717) is 13.0 Å². The molecule has 1 saturated heterocycles. The van der Waals surface area contributed by atoms with Crippen LogP contribution in [0.3, 0.4) is 0 Å². The van der Waals surface area contributed by atoms with Crippen molar-refractivity contribution in [2.75, 3.05) is 20.6 Å². The van der Waals surface area contributed by atoms with Crippen LogP contribution in [-0.4, -0.2) is 59.9 Å². The van der Waals surface area contributed by atoms with Gasteiger partial charge in [-0.25, -0.2) is 9.79 Å². The maximum absolute atomic E-state index is 11.5. The molecule has 1 aliphatic heterocycles. The van der Waals surface area contributed by atoms with Crippen molar-refractivity contribution < 1.29 is 14.7 Å². The summed E-state index contributed by atoms with van der Waals surface area (Å²) >= 11 is 0. The van der Waals surface area contributed by atoms with Crippen molar-refractivity contribution in [3.05, 3.63) is 0 Å². The summed E-state index contributed by atoms with van der Waals surface area (Å²) in [7, 11) is 3.50. The second kappa shape index (κ2) is 4.77. The third-order valence-electron chi connectivity index (χ3n) is 2.20. The predicted molar refractivity (Wildman–Crippen MR) is 54.9 cm³/mol. The molecule has 6 heteroatoms. The van der Waals surface area contributed by atoms with E-state index in [0.717, 1.165) is 11.3 Å². The van der Waals surface area contributed by atoms with Crippen LogP contribution in [-0.2, 0) is 4.79 Å². The van der Waals surface area contributed by atoms with Crippen LogP contribution in [0.15, 0.2) is 4.99 Å². The van der Waals surface area contributed by atoms with Gasteiger partial charge in [-0.1, -0.05) is 0 Å². The molecule has 0 aromatic heterocycles. The summed E-state index contributed by atoms with van der Waals surface area (Å²) in [6.07, 6.45) is 1.63. The number of amides is 2. The van der Waals surface area contributed by atoms with Crippen molar-refractivity contribution in [1.29, 1.82) is 0 Å². The van der Waals surface area contributed by atoms with Gasteiger partial charge in [0.05, 0.1) is 6.34 Å². The van der Waals surface area contributed by atoms with Crippen molar-refractivity contribution in [2.24, 2.45) is 4.99 Å². The molecule has 0 aromatic rings. The number of aliphatic imine (C=N–C) groups is 1. The highest BCUT2D eigenvalue weighted by atomic mass is 16.4. The van der Waals surface area contributed by atoms with Gasteiger partial charge in [-0.05, 0) is 12.8 Å². The summed E-state index contributed by atoms with van der Waals surface area (Å²) in [6, 6.07) is -0.598. The first-order valence-electron chi connectivity index (χ1n) is 4.76. The van der Waals surface area contributed by atoms with Crippen LogP contribution in [0, 0.1) is 0 Å². The van der Waals surface area contributed by atoms with E-state index in [1.165, 1.54) is 6.34 Å². The molecule has 1 aliphatic rings. The highest BCUT2D eigenvalue weighted by Gasteiger charge is 2.33. The summed E-state index contributed by atoms with van der Waals surface area (Å²) in [5.74, 6) is -0.386. The minimum atomic E-state index is -1.05. The molecule has 0 spiro atoms. The van der Waals surface area contributed by atoms with E-state index in [1.807, 2.05) is 0 Å². The van der Waals surface area contributed by atoms with Gasteiger partial charge in [0, 0.05) is 20.6 Å². The Balaban J connectivity index is 2.63. The van der Waals surface area contributed by atoms with Gasteiger partial charge in [0.15, 0.2) is 0 Å². The molecule has 2 amide bonds. The Morgan fingerprint density at radius 3 is 2.73 bits per heavy atom. The van der Waals surface area contributed by atoms with E-state index >= 15 is 0 Å². The first-order chi connectivity index (χ1) is 7.02. The van der Waals surface area contributed by atoms with Crippen LogP contribution < -0.4 is 0 Å². The Morgan fingerprint density at radius 1 is 1.53 bits per heavy atom. The molecule has 1 fully saturated rings. The molecule has 1 heterocycles. The molecule has 1 unspecified atom stereocenters. The highest BCUT2D eigenvalue weighted by molar-refractivity contribution is 5.91. The fraction of sp³-hybridized carbons (Fsp3) is 0.667. The summed E-state index contributed by atoms with van der Waals surface area (Å²) in [4.78, 5) is 28.8. The second-order valence-corrected chi connectivity index (χ2v) is 3.68. The van der Waals surface area contributed by atoms with Gasteiger partial charge in [0.1, 0.15) is 6.04 Å². The van der Waals surface area contributed by atoms with E-state index in [-0.39, 0.29) is 5.91 Å². The normalized spacial score (nSPS) is 20.9. The van der Waals surface area contributed by atoms with Crippen molar-refractivity contribution >= 4 is 18.3 Å². The van der Waals surface area contributed by atoms with E-state index in [4.69, 9.17) is 5.11 Å². The quantitative estimate of drug-likeness (QED) is 0.527. The lowest BCUT2D eigenvalue weighted by molar-refractivity contribution is -0.121. The molecule has 84 valence electrons. The van der Waals surface area contributed by atoms with Crippen LogP contribution in [0.2, 0.25) is 0 Å². The fourth-order valence-corrected chi connectivity index (χ4v) is 1.51. The number of carbonyl (C=O) groups is 2. The Kier molecular flexibility index (Phi) is 3.65. The van der Waals surface area contributed by atoms with Crippen LogP contribution in [0.1, 0.15) is 12.8 Å². The first-order valence-corrected chi connectivity index (χ1v) is 4.76. The molecular weight excluding hydrogens is 198 g/mol. The number of hydrogen-bond acceptors (Lipinski definition) is 2. The van der Waals surface area contributed by atoms with E-state index in [9.17, 15) is 9.59 Å². The zero-order valence-corrected chi connectivity index (χ0v) is 8.88. The van der Waals surface area contributed by atoms with E-state index in [1.54, 1.807) is 19.0 Å². The van der Waals surface area contributed by atoms with E-state index in [2.05, 4.69) is 4.99 Å². The Morgan fingerprint density at radius 2 is 2.20 bits per heavy atom. The molecule has 0 saturated carbocycles. The number of rotatable bonds is 2. The van der Waals surface area contributed by atoms with Crippen molar-refractivity contribution in [2.45, 2.75) is 18.9 Å². The molecule has 1 N–H and O–H groups in total. The molecule has 6 nitrogen and oxygen atoms in total. The van der Waals surface area contributed by atoms with Crippen molar-refractivity contribution in [1.82, 2.24) is 9.80 Å². The van der Waals surface area contributed by atoms with E-state index < -0.39 is 12.1 Å². The number of hydrogen-bond donors (Lipinski definition) is 1. The largest absolute Gasteiger partial charge is 0.465 e. The van der Waals surface area contributed by atoms with Crippen LogP contribution >= 0.6 is 0 Å². The Hall–Kier alpha value is -1.59. The van der Waals surface area contributed by atoms with Crippen LogP contribution in [0.5, 0.6) is 0 Å². The standard InChI is InChI=1S/C9H15N3O3/c1-11(2)6-10-8(13)7-4-3-5-12(7)9(14)15/h6-7H,3-5H2,1-2H3,(H,14,15)/b10-6+. The lowest BCUT2D eigenvalue weighted by atomic mass is 10.2. The first kappa shape index (κ1) is 11.5. The maximum atomic E-state index is 11.5. The van der Waals surface area contributed by atoms with Crippen molar-refractivity contribution in [3.63, 3.8) is 0 Å². The van der Waals surface area contributed by atoms with Crippen LogP contribution in [0.25, 0.3) is 0 Å². The number of nitrogens with zero attached hydrogens (tertiary/aromatic N) is 3. The maximum Gasteiger partial charge on any atom is 0.407 e. The van der Waals surface area contributed by atoms with Gasteiger partial charge >= 0.3 is 6.09 Å². The number of likely N-dealkylation sites (tertiary alicyclic amines) is 1. The third-order valence-corrected chi connectivity index (χ3v) is 2.20. The van der Waals surface area contributed by atoms with Gasteiger partial charge in [-0.15, -0.1) is 0 Å². The van der Waals surface area contributed by atoms with Gasteiger partial charge in [-0.3, -0.25) is 9.69 Å². The third kappa shape index (κ3) is 2.93. The monoisotopic (exact) mass is 213 g/mol. The zero-order chi connectivity index (χ0) is 11.4. The fourth-order valence-electron chi connectivity index (χ4n) is 1.51. The molecule has 0 radical (unpaired) electrons.